The fourth-order valence-electron chi connectivity index (χ4n) is 4.70. The number of nitrogens with one attached hydrogen (secondary N) is 2. The van der Waals surface area contributed by atoms with E-state index in [1.165, 1.54) is 11.3 Å². The summed E-state index contributed by atoms with van der Waals surface area (Å²) in [5.74, 6) is -0.191. The Morgan fingerprint density at radius 1 is 0.935 bits per heavy atom. The number of hydrogen-bond donors (Lipinski definition) is 1. The molecule has 0 saturated heterocycles. The van der Waals surface area contributed by atoms with Gasteiger partial charge in [0, 0.05) is 36.5 Å². The molecule has 2 atom stereocenters. The average Bonchev–Trinajstić information content (AvgIpc) is 3.53. The third kappa shape index (κ3) is 9.67. The van der Waals surface area contributed by atoms with E-state index in [2.05, 4.69) is 10.3 Å². The minimum atomic E-state index is -0.724. The van der Waals surface area contributed by atoms with Crippen molar-refractivity contribution in [1.29, 1.82) is 0 Å². The number of H-pyrrole nitrogens is 1. The number of halogens is 2. The summed E-state index contributed by atoms with van der Waals surface area (Å²) in [7, 11) is 6.96. The quantitative estimate of drug-likeness (QED) is 0.143. The molecule has 244 valence electrons. The number of carbonyl (C=O) groups is 2. The van der Waals surface area contributed by atoms with Gasteiger partial charge < -0.3 is 29.2 Å². The summed E-state index contributed by atoms with van der Waals surface area (Å²) < 4.78 is 22.5. The molecule has 2 N–H and O–H groups in total. The number of esters is 2. The Kier molecular flexibility index (Phi) is 13.2. The van der Waals surface area contributed by atoms with Crippen molar-refractivity contribution in [3.63, 3.8) is 0 Å². The number of methoxy groups -OCH3 is 2. The number of hydrogen-bond acceptors (Lipinski definition) is 9. The Morgan fingerprint density at radius 2 is 1.65 bits per heavy atom. The van der Waals surface area contributed by atoms with Crippen LogP contribution in [0.3, 0.4) is 0 Å². The zero-order valence-electron chi connectivity index (χ0n) is 26.2. The van der Waals surface area contributed by atoms with Crippen LogP contribution >= 0.6 is 34.5 Å². The second-order valence-electron chi connectivity index (χ2n) is 10.7. The molecule has 9 nitrogen and oxygen atoms in total. The van der Waals surface area contributed by atoms with Crippen molar-refractivity contribution in [2.45, 2.75) is 25.0 Å². The minimum absolute atomic E-state index is 0.235. The molecule has 2 aromatic heterocycles. The maximum atomic E-state index is 13.5. The van der Waals surface area contributed by atoms with Crippen molar-refractivity contribution in [3.8, 4) is 11.5 Å². The molecule has 2 aromatic carbocycles. The fourth-order valence-corrected chi connectivity index (χ4v) is 6.09. The molecule has 0 fully saturated rings. The summed E-state index contributed by atoms with van der Waals surface area (Å²) in [5, 5.41) is 4.21. The highest BCUT2D eigenvalue weighted by Crippen LogP contribution is 2.35. The number of likely N-dealkylation sites (N-methyl/N-ethyl adjacent to an activating group) is 1. The molecule has 0 bridgehead atoms. The first-order valence-corrected chi connectivity index (χ1v) is 16.2. The Labute approximate surface area is 283 Å². The first kappa shape index (κ1) is 35.2. The third-order valence-electron chi connectivity index (χ3n) is 7.19. The van der Waals surface area contributed by atoms with Gasteiger partial charge in [0.2, 0.25) is 0 Å². The van der Waals surface area contributed by atoms with Crippen LogP contribution in [0.15, 0.2) is 73.1 Å². The SMILES string of the molecule is COc1ccc([C@H](Cc2c(Cl)c[nH+]cc2Cl)OC(=O)c2ccc(CNCC(C(=O)OCCN(C)C)c3ccccc3)s2)cc1OC. The molecule has 4 aromatic rings. The van der Waals surface area contributed by atoms with Crippen molar-refractivity contribution in [2.75, 3.05) is 48.0 Å². The standard InChI is InChI=1S/C34H37Cl2N3O6S/c1-39(2)14-15-44-33(40)26(22-8-6-5-7-9-22)19-37-18-24-11-13-32(46-24)34(41)45-30(17-25-27(35)20-38-21-28(25)36)23-10-12-29(42-3)31(16-23)43-4/h5-13,16,20-21,26,30,37H,14-15,17-19H2,1-4H3/p+1/t26?,30-/m0/s1. The molecule has 0 aliphatic carbocycles. The predicted octanol–water partition coefficient (Wildman–Crippen LogP) is 6.01. The van der Waals surface area contributed by atoms with E-state index in [0.29, 0.717) is 63.8 Å². The summed E-state index contributed by atoms with van der Waals surface area (Å²) in [6.07, 6.45) is 2.76. The molecule has 0 saturated carbocycles. The fraction of sp³-hybridized carbons (Fsp3) is 0.324. The first-order chi connectivity index (χ1) is 22.2. The van der Waals surface area contributed by atoms with Crippen LogP contribution in [0.5, 0.6) is 11.5 Å². The molecule has 0 aliphatic heterocycles. The van der Waals surface area contributed by atoms with E-state index in [1.54, 1.807) is 44.8 Å². The highest BCUT2D eigenvalue weighted by Gasteiger charge is 2.25. The predicted molar refractivity (Wildman–Crippen MR) is 179 cm³/mol. The Balaban J connectivity index is 1.45. The van der Waals surface area contributed by atoms with Gasteiger partial charge in [0.1, 0.15) is 27.6 Å². The van der Waals surface area contributed by atoms with E-state index in [4.69, 9.17) is 42.1 Å². The summed E-state index contributed by atoms with van der Waals surface area (Å²) >= 11 is 14.2. The Bertz CT molecular complexity index is 1580. The number of aromatic amines is 1. The van der Waals surface area contributed by atoms with Crippen molar-refractivity contribution in [1.82, 2.24) is 10.2 Å². The van der Waals surface area contributed by atoms with E-state index in [9.17, 15) is 9.59 Å². The second kappa shape index (κ2) is 17.3. The van der Waals surface area contributed by atoms with Crippen molar-refractivity contribution in [2.24, 2.45) is 0 Å². The topological polar surface area (TPSA) is 100 Å². The molecule has 46 heavy (non-hydrogen) atoms. The van der Waals surface area contributed by atoms with Crippen molar-refractivity contribution < 1.29 is 33.5 Å². The smallest absolute Gasteiger partial charge is 0.348 e. The van der Waals surface area contributed by atoms with Crippen LogP contribution in [0.1, 0.15) is 43.3 Å². The molecule has 0 amide bonds. The summed E-state index contributed by atoms with van der Waals surface area (Å²) in [6.45, 7) is 1.79. The molecular weight excluding hydrogens is 649 g/mol. The first-order valence-electron chi connectivity index (χ1n) is 14.6. The van der Waals surface area contributed by atoms with Gasteiger partial charge in [-0.15, -0.1) is 11.3 Å². The summed E-state index contributed by atoms with van der Waals surface area (Å²) in [6, 6.07) is 18.5. The number of aromatic nitrogens is 1. The average molecular weight is 688 g/mol. The Hall–Kier alpha value is -3.67. The van der Waals surface area contributed by atoms with Crippen molar-refractivity contribution >= 4 is 46.5 Å². The van der Waals surface area contributed by atoms with Gasteiger partial charge in [-0.05, 0) is 49.5 Å². The zero-order chi connectivity index (χ0) is 33.1. The molecule has 1 unspecified atom stereocenters. The number of rotatable bonds is 16. The van der Waals surface area contributed by atoms with Gasteiger partial charge in [-0.2, -0.15) is 0 Å². The molecule has 0 aliphatic rings. The maximum Gasteiger partial charge on any atom is 0.348 e. The molecule has 12 heteroatoms. The number of carbonyl (C=O) groups excluding carboxylic acids is 2. The highest BCUT2D eigenvalue weighted by molar-refractivity contribution is 7.13. The lowest BCUT2D eigenvalue weighted by Gasteiger charge is -2.20. The number of benzene rings is 2. The maximum absolute atomic E-state index is 13.5. The van der Waals surface area contributed by atoms with Gasteiger partial charge in [-0.3, -0.25) is 4.79 Å². The minimum Gasteiger partial charge on any atom is -0.493 e. The summed E-state index contributed by atoms with van der Waals surface area (Å²) in [4.78, 5) is 32.6. The molecule has 4 rings (SSSR count). The number of pyridine rings is 1. The largest absolute Gasteiger partial charge is 0.493 e. The number of nitrogens with zero attached hydrogens (tertiary/aromatic N) is 1. The van der Waals surface area contributed by atoms with Crippen molar-refractivity contribution in [3.05, 3.63) is 110 Å². The van der Waals surface area contributed by atoms with Gasteiger partial charge in [-0.25, -0.2) is 9.78 Å². The van der Waals surface area contributed by atoms with Crippen LogP contribution in [0.4, 0.5) is 0 Å². The lowest BCUT2D eigenvalue weighted by atomic mass is 9.99. The van der Waals surface area contributed by atoms with E-state index in [0.717, 1.165) is 10.4 Å². The van der Waals surface area contributed by atoms with Crippen LogP contribution in [-0.4, -0.2) is 64.8 Å². The van der Waals surface area contributed by atoms with Crippen LogP contribution in [0.2, 0.25) is 10.0 Å². The highest BCUT2D eigenvalue weighted by atomic mass is 35.5. The second-order valence-corrected chi connectivity index (χ2v) is 12.7. The van der Waals surface area contributed by atoms with Crippen LogP contribution in [0, 0.1) is 0 Å². The zero-order valence-corrected chi connectivity index (χ0v) is 28.5. The number of thiophene rings is 1. The van der Waals surface area contributed by atoms with E-state index in [-0.39, 0.29) is 12.4 Å². The van der Waals surface area contributed by atoms with Crippen LogP contribution < -0.4 is 19.8 Å². The van der Waals surface area contributed by atoms with Crippen LogP contribution in [0.25, 0.3) is 0 Å². The lowest BCUT2D eigenvalue weighted by Crippen LogP contribution is -2.29. The van der Waals surface area contributed by atoms with Gasteiger partial charge in [0.05, 0.1) is 20.1 Å². The lowest BCUT2D eigenvalue weighted by molar-refractivity contribution is -0.377. The monoisotopic (exact) mass is 686 g/mol. The van der Waals surface area contributed by atoms with Gasteiger partial charge >= 0.3 is 11.9 Å². The Morgan fingerprint density at radius 3 is 2.33 bits per heavy atom. The summed E-state index contributed by atoms with van der Waals surface area (Å²) in [5.41, 5.74) is 2.20. The van der Waals surface area contributed by atoms with E-state index in [1.807, 2.05) is 61.5 Å². The van der Waals surface area contributed by atoms with Crippen LogP contribution in [-0.2, 0) is 27.2 Å². The molecular formula is C34H38Cl2N3O6S+. The third-order valence-corrected chi connectivity index (χ3v) is 8.93. The van der Waals surface area contributed by atoms with Gasteiger partial charge in [0.25, 0.3) is 0 Å². The van der Waals surface area contributed by atoms with E-state index < -0.39 is 18.0 Å². The molecule has 2 heterocycles. The molecule has 0 spiro atoms. The number of ether oxygens (including phenoxy) is 4. The van der Waals surface area contributed by atoms with Gasteiger partial charge in [0.15, 0.2) is 23.9 Å². The molecule has 0 radical (unpaired) electrons. The normalized spacial score (nSPS) is 12.4. The van der Waals surface area contributed by atoms with E-state index >= 15 is 0 Å². The van der Waals surface area contributed by atoms with Gasteiger partial charge in [-0.1, -0.05) is 59.6 Å².